The van der Waals surface area contributed by atoms with E-state index >= 15 is 0 Å². The molecule has 0 bridgehead atoms. The topological polar surface area (TPSA) is 6.48 Å². The number of hydrogen-bond acceptors (Lipinski definition) is 2. The molecule has 0 radical (unpaired) electrons. The van der Waals surface area contributed by atoms with E-state index in [9.17, 15) is 0 Å². The first-order valence-corrected chi connectivity index (χ1v) is 14.4. The number of benzene rings is 6. The summed E-state index contributed by atoms with van der Waals surface area (Å²) in [7, 11) is 0. The van der Waals surface area contributed by atoms with E-state index in [-0.39, 0.29) is 0 Å². The monoisotopic (exact) mass is 528 g/mol. The molecule has 6 aromatic carbocycles. The highest BCUT2D eigenvalue weighted by Crippen LogP contribution is 2.50. The molecule has 2 heteroatoms. The van der Waals surface area contributed by atoms with Crippen molar-refractivity contribution < 1.29 is 0 Å². The molecule has 0 spiro atoms. The Bertz CT molecular complexity index is 1550. The number of fused-ring (bicyclic) bond motifs is 3. The molecule has 0 saturated heterocycles. The molecule has 0 atom stereocenters. The number of nitrogens with zero attached hydrogens (tertiary/aromatic N) is 2. The predicted octanol–water partition coefficient (Wildman–Crippen LogP) is 11.1. The normalized spacial score (nSPS) is 12.0. The third-order valence-corrected chi connectivity index (χ3v) is 8.09. The second kappa shape index (κ2) is 10.8. The van der Waals surface area contributed by atoms with Crippen molar-refractivity contribution in [1.29, 1.82) is 0 Å². The van der Waals surface area contributed by atoms with E-state index in [1.165, 1.54) is 33.6 Å². The molecule has 2 nitrogen and oxygen atoms in total. The van der Waals surface area contributed by atoms with E-state index in [0.717, 1.165) is 29.2 Å². The summed E-state index contributed by atoms with van der Waals surface area (Å²) in [4.78, 5) is 4.71. The highest BCUT2D eigenvalue weighted by molar-refractivity contribution is 5.87. The van der Waals surface area contributed by atoms with Crippen LogP contribution in [0.5, 0.6) is 0 Å². The van der Waals surface area contributed by atoms with Crippen LogP contribution < -0.4 is 9.80 Å². The van der Waals surface area contributed by atoms with Gasteiger partial charge in [0, 0.05) is 40.0 Å². The Balaban J connectivity index is 1.33. The zero-order chi connectivity index (χ0) is 27.6. The van der Waals surface area contributed by atoms with Gasteiger partial charge in [-0.3, -0.25) is 0 Å². The standard InChI is InChI=1S/C39H32N2/c1-2-35-38-27-33(40(29-15-7-3-8-16-29)30-17-9-4-10-18-30)23-25-36(38)37-26-24-34(28-39(35)37)41(31-19-11-5-12-20-31)32-21-13-6-14-22-32/h3-28,35H,2H2,1H3. The van der Waals surface area contributed by atoms with E-state index in [4.69, 9.17) is 0 Å². The molecule has 1 aliphatic carbocycles. The van der Waals surface area contributed by atoms with Crippen LogP contribution in [0.15, 0.2) is 158 Å². The average Bonchev–Trinajstić information content (AvgIpc) is 3.35. The summed E-state index contributed by atoms with van der Waals surface area (Å²) in [5.74, 6) is 0.335. The summed E-state index contributed by atoms with van der Waals surface area (Å²) in [6.45, 7) is 2.31. The molecule has 0 heterocycles. The van der Waals surface area contributed by atoms with E-state index in [2.05, 4.69) is 174 Å². The van der Waals surface area contributed by atoms with Crippen molar-refractivity contribution in [3.05, 3.63) is 169 Å². The van der Waals surface area contributed by atoms with Gasteiger partial charge in [-0.15, -0.1) is 0 Å². The zero-order valence-electron chi connectivity index (χ0n) is 23.2. The van der Waals surface area contributed by atoms with Crippen LogP contribution >= 0.6 is 0 Å². The van der Waals surface area contributed by atoms with Gasteiger partial charge in [-0.1, -0.05) is 91.9 Å². The summed E-state index contributed by atoms with van der Waals surface area (Å²) in [6.07, 6.45) is 1.04. The lowest BCUT2D eigenvalue weighted by molar-refractivity contribution is 0.797. The Labute approximate surface area is 242 Å². The molecule has 0 fully saturated rings. The quantitative estimate of drug-likeness (QED) is 0.203. The lowest BCUT2D eigenvalue weighted by Gasteiger charge is -2.26. The van der Waals surface area contributed by atoms with Crippen LogP contribution in [-0.4, -0.2) is 0 Å². The minimum Gasteiger partial charge on any atom is -0.310 e. The maximum atomic E-state index is 2.41. The Morgan fingerprint density at radius 2 is 0.707 bits per heavy atom. The lowest BCUT2D eigenvalue weighted by atomic mass is 9.93. The SMILES string of the molecule is CCC1c2cc(N(c3ccccc3)c3ccccc3)ccc2-c2ccc(N(c3ccccc3)c3ccccc3)cc21. The van der Waals surface area contributed by atoms with Gasteiger partial charge in [0.25, 0.3) is 0 Å². The Hall–Kier alpha value is -5.08. The van der Waals surface area contributed by atoms with E-state index in [1.807, 2.05) is 0 Å². The van der Waals surface area contributed by atoms with Crippen molar-refractivity contribution in [1.82, 2.24) is 0 Å². The first-order chi connectivity index (χ1) is 20.3. The molecule has 0 unspecified atom stereocenters. The zero-order valence-corrected chi connectivity index (χ0v) is 23.2. The van der Waals surface area contributed by atoms with Crippen molar-refractivity contribution in [2.45, 2.75) is 19.3 Å². The summed E-state index contributed by atoms with van der Waals surface area (Å²) < 4.78 is 0. The molecular weight excluding hydrogens is 496 g/mol. The summed E-state index contributed by atoms with van der Waals surface area (Å²) in [5, 5.41) is 0. The third kappa shape index (κ3) is 4.58. The molecule has 0 saturated carbocycles. The summed E-state index contributed by atoms with van der Waals surface area (Å²) in [5.41, 5.74) is 12.5. The van der Waals surface area contributed by atoms with Crippen LogP contribution in [0.2, 0.25) is 0 Å². The first kappa shape index (κ1) is 24.9. The highest BCUT2D eigenvalue weighted by atomic mass is 15.1. The number of anilines is 6. The van der Waals surface area contributed by atoms with Gasteiger partial charge >= 0.3 is 0 Å². The van der Waals surface area contributed by atoms with Crippen LogP contribution in [0.1, 0.15) is 30.4 Å². The molecule has 1 aliphatic rings. The minimum atomic E-state index is 0.335. The van der Waals surface area contributed by atoms with Crippen LogP contribution in [0.4, 0.5) is 34.1 Å². The van der Waals surface area contributed by atoms with E-state index in [0.29, 0.717) is 5.92 Å². The smallest absolute Gasteiger partial charge is 0.0465 e. The highest BCUT2D eigenvalue weighted by Gasteiger charge is 2.30. The van der Waals surface area contributed by atoms with Crippen LogP contribution in [-0.2, 0) is 0 Å². The van der Waals surface area contributed by atoms with Crippen molar-refractivity contribution >= 4 is 34.1 Å². The lowest BCUT2D eigenvalue weighted by Crippen LogP contribution is -2.10. The molecule has 0 amide bonds. The number of rotatable bonds is 7. The van der Waals surface area contributed by atoms with Gasteiger partial charge < -0.3 is 9.80 Å². The maximum absolute atomic E-state index is 2.41. The van der Waals surface area contributed by atoms with Gasteiger partial charge in [-0.2, -0.15) is 0 Å². The minimum absolute atomic E-state index is 0.335. The second-order valence-corrected chi connectivity index (χ2v) is 10.5. The number of para-hydroxylation sites is 4. The Kier molecular flexibility index (Phi) is 6.58. The van der Waals surface area contributed by atoms with Crippen molar-refractivity contribution in [3.8, 4) is 11.1 Å². The molecule has 0 aromatic heterocycles. The molecular formula is C39H32N2. The molecule has 198 valence electrons. The largest absolute Gasteiger partial charge is 0.310 e. The van der Waals surface area contributed by atoms with Gasteiger partial charge in [0.05, 0.1) is 0 Å². The van der Waals surface area contributed by atoms with E-state index < -0.39 is 0 Å². The number of hydrogen-bond donors (Lipinski definition) is 0. The summed E-state index contributed by atoms with van der Waals surface area (Å²) in [6, 6.07) is 56.6. The van der Waals surface area contributed by atoms with Crippen molar-refractivity contribution in [2.24, 2.45) is 0 Å². The molecule has 0 N–H and O–H groups in total. The fourth-order valence-corrected chi connectivity index (χ4v) is 6.26. The summed E-state index contributed by atoms with van der Waals surface area (Å²) >= 11 is 0. The van der Waals surface area contributed by atoms with Gasteiger partial charge in [0.1, 0.15) is 0 Å². The Morgan fingerprint density at radius 3 is 1.00 bits per heavy atom. The van der Waals surface area contributed by atoms with Crippen LogP contribution in [0.3, 0.4) is 0 Å². The maximum Gasteiger partial charge on any atom is 0.0465 e. The molecule has 6 aromatic rings. The van der Waals surface area contributed by atoms with Crippen LogP contribution in [0, 0.1) is 0 Å². The molecule has 0 aliphatic heterocycles. The van der Waals surface area contributed by atoms with Crippen molar-refractivity contribution in [2.75, 3.05) is 9.80 Å². The average molecular weight is 529 g/mol. The molecule has 41 heavy (non-hydrogen) atoms. The van der Waals surface area contributed by atoms with E-state index in [1.54, 1.807) is 0 Å². The van der Waals surface area contributed by atoms with Crippen LogP contribution in [0.25, 0.3) is 11.1 Å². The molecule has 7 rings (SSSR count). The van der Waals surface area contributed by atoms with Gasteiger partial charge in [0.15, 0.2) is 0 Å². The fourth-order valence-electron chi connectivity index (χ4n) is 6.26. The van der Waals surface area contributed by atoms with Gasteiger partial charge in [-0.25, -0.2) is 0 Å². The Morgan fingerprint density at radius 1 is 0.390 bits per heavy atom. The van der Waals surface area contributed by atoms with Gasteiger partial charge in [0.2, 0.25) is 0 Å². The second-order valence-electron chi connectivity index (χ2n) is 10.5. The third-order valence-electron chi connectivity index (χ3n) is 8.09. The van der Waals surface area contributed by atoms with Crippen molar-refractivity contribution in [3.63, 3.8) is 0 Å². The first-order valence-electron chi connectivity index (χ1n) is 14.4. The van der Waals surface area contributed by atoms with Gasteiger partial charge in [-0.05, 0) is 101 Å². The predicted molar refractivity (Wildman–Crippen MR) is 173 cm³/mol. The fraction of sp³-hybridized carbons (Fsp3) is 0.0769.